The average molecular weight is 415 g/mol. The summed E-state index contributed by atoms with van der Waals surface area (Å²) in [6.07, 6.45) is 2.28. The van der Waals surface area contributed by atoms with Crippen molar-refractivity contribution in [2.24, 2.45) is 5.14 Å². The number of benzene rings is 2. The Morgan fingerprint density at radius 1 is 1.07 bits per heavy atom. The minimum absolute atomic E-state index is 0.462. The number of hydrogen-bond donors (Lipinski definition) is 2. The van der Waals surface area contributed by atoms with E-state index in [1.54, 1.807) is 20.3 Å². The van der Waals surface area contributed by atoms with Gasteiger partial charge in [0, 0.05) is 24.5 Å². The molecular formula is C19H21N5O4S. The van der Waals surface area contributed by atoms with Gasteiger partial charge in [-0.2, -0.15) is 8.42 Å². The van der Waals surface area contributed by atoms with E-state index in [4.69, 9.17) is 14.6 Å². The van der Waals surface area contributed by atoms with Crippen molar-refractivity contribution in [1.82, 2.24) is 9.97 Å². The van der Waals surface area contributed by atoms with Gasteiger partial charge in [0.05, 0.1) is 25.4 Å². The smallest absolute Gasteiger partial charge is 0.296 e. The Morgan fingerprint density at radius 3 is 2.55 bits per heavy atom. The second kappa shape index (κ2) is 7.37. The lowest BCUT2D eigenvalue weighted by molar-refractivity contribution is 0.356. The van der Waals surface area contributed by atoms with E-state index in [-0.39, 0.29) is 0 Å². The molecule has 152 valence electrons. The van der Waals surface area contributed by atoms with Gasteiger partial charge in [0.1, 0.15) is 12.1 Å². The molecule has 3 N–H and O–H groups in total. The van der Waals surface area contributed by atoms with E-state index in [1.165, 1.54) is 6.33 Å². The van der Waals surface area contributed by atoms with Crippen LogP contribution >= 0.6 is 0 Å². The van der Waals surface area contributed by atoms with Crippen LogP contribution < -0.4 is 24.2 Å². The van der Waals surface area contributed by atoms with E-state index < -0.39 is 10.2 Å². The summed E-state index contributed by atoms with van der Waals surface area (Å²) in [5.74, 6) is 2.05. The normalized spacial score (nSPS) is 13.8. The van der Waals surface area contributed by atoms with Gasteiger partial charge in [0.2, 0.25) is 0 Å². The van der Waals surface area contributed by atoms with Crippen LogP contribution in [0.15, 0.2) is 36.7 Å². The van der Waals surface area contributed by atoms with Crippen LogP contribution in [0, 0.1) is 0 Å². The van der Waals surface area contributed by atoms with Crippen LogP contribution in [-0.4, -0.2) is 39.2 Å². The van der Waals surface area contributed by atoms with Crippen LogP contribution in [0.2, 0.25) is 0 Å². The number of fused-ring (bicyclic) bond motifs is 2. The van der Waals surface area contributed by atoms with Crippen molar-refractivity contribution in [2.45, 2.75) is 13.0 Å². The molecule has 0 radical (unpaired) electrons. The van der Waals surface area contributed by atoms with Crippen molar-refractivity contribution in [1.29, 1.82) is 0 Å². The highest BCUT2D eigenvalue weighted by Crippen LogP contribution is 2.36. The summed E-state index contributed by atoms with van der Waals surface area (Å²) in [5.41, 5.74) is 3.41. The van der Waals surface area contributed by atoms with Crippen molar-refractivity contribution in [2.75, 3.05) is 30.4 Å². The van der Waals surface area contributed by atoms with Crippen molar-refractivity contribution >= 4 is 32.6 Å². The fraction of sp³-hybridized carbons (Fsp3) is 0.263. The SMILES string of the molecule is COc1cc2ncnc(N3CCc4cc(NS(N)(=O)=O)ccc4C3)c2cc1OC. The Labute approximate surface area is 168 Å². The number of nitrogens with one attached hydrogen (secondary N) is 1. The maximum Gasteiger partial charge on any atom is 0.296 e. The van der Waals surface area contributed by atoms with Crippen LogP contribution in [-0.2, 0) is 23.2 Å². The first-order valence-electron chi connectivity index (χ1n) is 8.92. The summed E-state index contributed by atoms with van der Waals surface area (Å²) in [4.78, 5) is 11.0. The Balaban J connectivity index is 1.68. The minimum atomic E-state index is -3.79. The van der Waals surface area contributed by atoms with Crippen LogP contribution in [0.1, 0.15) is 11.1 Å². The van der Waals surface area contributed by atoms with Gasteiger partial charge < -0.3 is 14.4 Å². The molecule has 0 unspecified atom stereocenters. The van der Waals surface area contributed by atoms with Crippen LogP contribution in [0.4, 0.5) is 11.5 Å². The molecule has 0 bridgehead atoms. The molecular weight excluding hydrogens is 394 g/mol. The van der Waals surface area contributed by atoms with E-state index >= 15 is 0 Å². The molecule has 1 aliphatic heterocycles. The van der Waals surface area contributed by atoms with Gasteiger partial charge >= 0.3 is 0 Å². The zero-order valence-electron chi connectivity index (χ0n) is 16.0. The van der Waals surface area contributed by atoms with E-state index in [0.29, 0.717) is 23.7 Å². The molecule has 0 saturated heterocycles. The number of aromatic nitrogens is 2. The van der Waals surface area contributed by atoms with Gasteiger partial charge in [-0.3, -0.25) is 4.72 Å². The lowest BCUT2D eigenvalue weighted by Crippen LogP contribution is -2.31. The van der Waals surface area contributed by atoms with Crippen molar-refractivity contribution in [3.8, 4) is 11.5 Å². The molecule has 2 heterocycles. The molecule has 2 aromatic carbocycles. The van der Waals surface area contributed by atoms with Gasteiger partial charge in [-0.25, -0.2) is 15.1 Å². The zero-order chi connectivity index (χ0) is 20.6. The fourth-order valence-electron chi connectivity index (χ4n) is 3.58. The highest BCUT2D eigenvalue weighted by molar-refractivity contribution is 7.90. The molecule has 9 nitrogen and oxygen atoms in total. The van der Waals surface area contributed by atoms with Crippen molar-refractivity contribution < 1.29 is 17.9 Å². The predicted molar refractivity (Wildman–Crippen MR) is 111 cm³/mol. The Hall–Kier alpha value is -3.11. The van der Waals surface area contributed by atoms with Crippen molar-refractivity contribution in [3.05, 3.63) is 47.8 Å². The second-order valence-electron chi connectivity index (χ2n) is 6.72. The van der Waals surface area contributed by atoms with Gasteiger partial charge in [0.15, 0.2) is 11.5 Å². The average Bonchev–Trinajstić information content (AvgIpc) is 2.70. The Kier molecular flexibility index (Phi) is 4.89. The standard InChI is InChI=1S/C19H21N5O4S/c1-27-17-8-15-16(9-18(17)28-2)21-11-22-19(15)24-6-5-12-7-14(23-29(20,25)26)4-3-13(12)10-24/h3-4,7-9,11,23H,5-6,10H2,1-2H3,(H2,20,25,26). The fourth-order valence-corrected chi connectivity index (χ4v) is 4.04. The molecule has 1 aliphatic rings. The maximum atomic E-state index is 11.3. The number of rotatable bonds is 5. The highest BCUT2D eigenvalue weighted by atomic mass is 32.2. The molecule has 0 aliphatic carbocycles. The Morgan fingerprint density at radius 2 is 1.83 bits per heavy atom. The molecule has 0 saturated carbocycles. The summed E-state index contributed by atoms with van der Waals surface area (Å²) < 4.78 is 35.6. The topological polar surface area (TPSA) is 120 Å². The second-order valence-corrected chi connectivity index (χ2v) is 8.02. The molecule has 0 atom stereocenters. The summed E-state index contributed by atoms with van der Waals surface area (Å²) in [5, 5.41) is 5.93. The van der Waals surface area contributed by atoms with Gasteiger partial charge in [-0.05, 0) is 35.7 Å². The van der Waals surface area contributed by atoms with E-state index in [9.17, 15) is 8.42 Å². The number of methoxy groups -OCH3 is 2. The summed E-state index contributed by atoms with van der Waals surface area (Å²) >= 11 is 0. The van der Waals surface area contributed by atoms with Gasteiger partial charge in [0.25, 0.3) is 10.2 Å². The van der Waals surface area contributed by atoms with E-state index in [1.807, 2.05) is 24.3 Å². The number of nitrogens with two attached hydrogens (primary N) is 1. The molecule has 0 amide bonds. The molecule has 4 rings (SSSR count). The molecule has 0 spiro atoms. The lowest BCUT2D eigenvalue weighted by Gasteiger charge is -2.30. The third kappa shape index (κ3) is 3.89. The highest BCUT2D eigenvalue weighted by Gasteiger charge is 2.21. The monoisotopic (exact) mass is 415 g/mol. The Bertz CT molecular complexity index is 1180. The molecule has 0 fully saturated rings. The summed E-state index contributed by atoms with van der Waals surface area (Å²) in [6.45, 7) is 1.37. The van der Waals surface area contributed by atoms with E-state index in [2.05, 4.69) is 19.6 Å². The first-order valence-corrected chi connectivity index (χ1v) is 10.5. The predicted octanol–water partition coefficient (Wildman–Crippen LogP) is 1.83. The zero-order valence-corrected chi connectivity index (χ0v) is 16.9. The van der Waals surface area contributed by atoms with Crippen LogP contribution in [0.25, 0.3) is 10.9 Å². The molecule has 29 heavy (non-hydrogen) atoms. The van der Waals surface area contributed by atoms with Gasteiger partial charge in [-0.1, -0.05) is 6.07 Å². The quantitative estimate of drug-likeness (QED) is 0.652. The van der Waals surface area contributed by atoms with Crippen LogP contribution in [0.3, 0.4) is 0 Å². The number of hydrogen-bond acceptors (Lipinski definition) is 7. The van der Waals surface area contributed by atoms with Gasteiger partial charge in [-0.15, -0.1) is 0 Å². The van der Waals surface area contributed by atoms with Crippen LogP contribution in [0.5, 0.6) is 11.5 Å². The molecule has 3 aromatic rings. The minimum Gasteiger partial charge on any atom is -0.493 e. The number of nitrogens with zero attached hydrogens (tertiary/aromatic N) is 3. The maximum absolute atomic E-state index is 11.3. The number of anilines is 2. The third-order valence-electron chi connectivity index (χ3n) is 4.90. The molecule has 10 heteroatoms. The van der Waals surface area contributed by atoms with E-state index in [0.717, 1.165) is 40.8 Å². The summed E-state index contributed by atoms with van der Waals surface area (Å²) in [6, 6.07) is 9.16. The number of ether oxygens (including phenoxy) is 2. The largest absolute Gasteiger partial charge is 0.493 e. The summed E-state index contributed by atoms with van der Waals surface area (Å²) in [7, 11) is -0.609. The molecule has 1 aromatic heterocycles. The third-order valence-corrected chi connectivity index (χ3v) is 5.42. The first kappa shape index (κ1) is 19.2. The lowest BCUT2D eigenvalue weighted by atomic mass is 9.99. The van der Waals surface area contributed by atoms with Crippen molar-refractivity contribution in [3.63, 3.8) is 0 Å². The first-order chi connectivity index (χ1) is 13.9.